The van der Waals surface area contributed by atoms with Gasteiger partial charge < -0.3 is 5.32 Å². The third-order valence-corrected chi connectivity index (χ3v) is 4.10. The maximum Gasteiger partial charge on any atom is 0.145 e. The van der Waals surface area contributed by atoms with E-state index in [0.29, 0.717) is 12.0 Å². The number of likely N-dealkylation sites (N-methyl/N-ethyl adjacent to an activating group) is 1. The fraction of sp³-hybridized carbons (Fsp3) is 0.429. The molecule has 0 radical (unpaired) electrons. The summed E-state index contributed by atoms with van der Waals surface area (Å²) in [6.07, 6.45) is 3.46. The van der Waals surface area contributed by atoms with Crippen LogP contribution in [0.25, 0.3) is 0 Å². The van der Waals surface area contributed by atoms with E-state index in [1.165, 1.54) is 18.4 Å². The van der Waals surface area contributed by atoms with Crippen LogP contribution in [0.5, 0.6) is 0 Å². The van der Waals surface area contributed by atoms with E-state index >= 15 is 0 Å². The lowest BCUT2D eigenvalue weighted by atomic mass is 10.0. The minimum Gasteiger partial charge on any atom is -0.313 e. The summed E-state index contributed by atoms with van der Waals surface area (Å²) in [6, 6.07) is 10.8. The largest absolute Gasteiger partial charge is 0.313 e. The van der Waals surface area contributed by atoms with Crippen molar-refractivity contribution in [1.82, 2.24) is 14.7 Å². The molecule has 0 amide bonds. The first kappa shape index (κ1) is 11.8. The Morgan fingerprint density at radius 2 is 2.11 bits per heavy atom. The van der Waals surface area contributed by atoms with Crippen molar-refractivity contribution in [3.05, 3.63) is 46.7 Å². The number of hydrogen-bond acceptors (Lipinski definition) is 4. The molecule has 3 nitrogen and oxygen atoms in total. The molecule has 0 spiro atoms. The van der Waals surface area contributed by atoms with E-state index in [2.05, 4.69) is 38.9 Å². The average Bonchev–Trinajstić information content (AvgIpc) is 3.17. The minimum atomic E-state index is 0.325. The van der Waals surface area contributed by atoms with E-state index in [-0.39, 0.29) is 0 Å². The van der Waals surface area contributed by atoms with Gasteiger partial charge in [0.15, 0.2) is 0 Å². The van der Waals surface area contributed by atoms with Gasteiger partial charge in [-0.1, -0.05) is 30.3 Å². The molecule has 1 heterocycles. The van der Waals surface area contributed by atoms with Gasteiger partial charge in [-0.05, 0) is 37.0 Å². The Hall–Kier alpha value is -1.26. The zero-order chi connectivity index (χ0) is 12.4. The lowest BCUT2D eigenvalue weighted by molar-refractivity contribution is 0.589. The topological polar surface area (TPSA) is 37.8 Å². The van der Waals surface area contributed by atoms with Gasteiger partial charge in [0, 0.05) is 18.4 Å². The summed E-state index contributed by atoms with van der Waals surface area (Å²) < 4.78 is 4.46. The number of hydrogen-bond donors (Lipinski definition) is 1. The molecule has 1 atom stereocenters. The van der Waals surface area contributed by atoms with Gasteiger partial charge in [0.25, 0.3) is 0 Å². The van der Waals surface area contributed by atoms with Crippen LogP contribution >= 0.6 is 11.5 Å². The highest BCUT2D eigenvalue weighted by Gasteiger charge is 2.28. The zero-order valence-corrected chi connectivity index (χ0v) is 11.3. The molecule has 1 aromatic carbocycles. The monoisotopic (exact) mass is 259 g/mol. The summed E-state index contributed by atoms with van der Waals surface area (Å²) in [6.45, 7) is 0. The molecule has 0 saturated heterocycles. The normalized spacial score (nSPS) is 16.7. The molecule has 2 aromatic rings. The van der Waals surface area contributed by atoms with Crippen LogP contribution < -0.4 is 5.32 Å². The Morgan fingerprint density at radius 3 is 2.78 bits per heavy atom. The predicted molar refractivity (Wildman–Crippen MR) is 73.8 cm³/mol. The molecule has 1 saturated carbocycles. The lowest BCUT2D eigenvalue weighted by Gasteiger charge is -2.14. The van der Waals surface area contributed by atoms with Gasteiger partial charge in [0.05, 0.1) is 0 Å². The predicted octanol–water partition coefficient (Wildman–Crippen LogP) is 2.92. The molecule has 0 aliphatic heterocycles. The highest BCUT2D eigenvalue weighted by atomic mass is 32.1. The summed E-state index contributed by atoms with van der Waals surface area (Å²) in [5.74, 6) is 1.72. The van der Waals surface area contributed by atoms with Gasteiger partial charge in [-0.25, -0.2) is 4.98 Å². The summed E-state index contributed by atoms with van der Waals surface area (Å²) in [4.78, 5) is 4.65. The fourth-order valence-corrected chi connectivity index (χ4v) is 2.87. The van der Waals surface area contributed by atoms with Crippen molar-refractivity contribution in [2.45, 2.75) is 31.2 Å². The molecular weight excluding hydrogens is 242 g/mol. The Balaban J connectivity index is 1.72. The Bertz CT molecular complexity index is 505. The molecule has 3 rings (SSSR count). The first-order valence-electron chi connectivity index (χ1n) is 6.41. The summed E-state index contributed by atoms with van der Waals surface area (Å²) in [5, 5.41) is 4.50. The number of rotatable bonds is 5. The molecule has 1 N–H and O–H groups in total. The van der Waals surface area contributed by atoms with E-state index in [9.17, 15) is 0 Å². The highest BCUT2D eigenvalue weighted by molar-refractivity contribution is 7.05. The number of aromatic nitrogens is 2. The quantitative estimate of drug-likeness (QED) is 0.897. The number of nitrogens with one attached hydrogen (secondary N) is 1. The fourth-order valence-electron chi connectivity index (χ4n) is 2.10. The van der Waals surface area contributed by atoms with Crippen LogP contribution in [0.1, 0.15) is 41.2 Å². The van der Waals surface area contributed by atoms with Crippen molar-refractivity contribution in [2.24, 2.45) is 0 Å². The molecular formula is C14H17N3S. The van der Waals surface area contributed by atoms with E-state index < -0.39 is 0 Å². The number of nitrogens with zero attached hydrogens (tertiary/aromatic N) is 2. The molecule has 1 unspecified atom stereocenters. The Labute approximate surface area is 111 Å². The van der Waals surface area contributed by atoms with Gasteiger partial charge in [0.1, 0.15) is 10.8 Å². The summed E-state index contributed by atoms with van der Waals surface area (Å²) in [5.41, 5.74) is 1.31. The van der Waals surface area contributed by atoms with E-state index in [1.807, 2.05) is 13.1 Å². The lowest BCUT2D eigenvalue weighted by Crippen LogP contribution is -2.18. The third-order valence-electron chi connectivity index (χ3n) is 3.36. The smallest absolute Gasteiger partial charge is 0.145 e. The molecule has 4 heteroatoms. The van der Waals surface area contributed by atoms with Crippen LogP contribution in [-0.4, -0.2) is 16.4 Å². The van der Waals surface area contributed by atoms with Gasteiger partial charge >= 0.3 is 0 Å². The van der Waals surface area contributed by atoms with E-state index in [0.717, 1.165) is 17.3 Å². The Morgan fingerprint density at radius 1 is 1.33 bits per heavy atom. The van der Waals surface area contributed by atoms with Crippen LogP contribution in [0.2, 0.25) is 0 Å². The van der Waals surface area contributed by atoms with Crippen molar-refractivity contribution in [3.63, 3.8) is 0 Å². The molecule has 18 heavy (non-hydrogen) atoms. The third kappa shape index (κ3) is 2.60. The van der Waals surface area contributed by atoms with Crippen LogP contribution in [0.3, 0.4) is 0 Å². The molecule has 0 bridgehead atoms. The van der Waals surface area contributed by atoms with Gasteiger partial charge in [-0.2, -0.15) is 4.37 Å². The Kier molecular flexibility index (Phi) is 3.39. The highest BCUT2D eigenvalue weighted by Crippen LogP contribution is 2.38. The van der Waals surface area contributed by atoms with Crippen molar-refractivity contribution < 1.29 is 0 Å². The second kappa shape index (κ2) is 5.16. The second-order valence-electron chi connectivity index (χ2n) is 4.78. The van der Waals surface area contributed by atoms with Crippen LogP contribution in [0, 0.1) is 0 Å². The zero-order valence-electron chi connectivity index (χ0n) is 10.5. The second-order valence-corrected chi connectivity index (χ2v) is 5.61. The standard InChI is InChI=1S/C14H17N3S/c1-15-12(10-5-3-2-4-6-10)9-13-16-14(17-18-13)11-7-8-11/h2-6,11-12,15H,7-9H2,1H3. The van der Waals surface area contributed by atoms with Crippen LogP contribution in [0.4, 0.5) is 0 Å². The maximum atomic E-state index is 4.65. The van der Waals surface area contributed by atoms with E-state index in [4.69, 9.17) is 0 Å². The van der Waals surface area contributed by atoms with Crippen LogP contribution in [-0.2, 0) is 6.42 Å². The minimum absolute atomic E-state index is 0.325. The van der Waals surface area contributed by atoms with Gasteiger partial charge in [-0.3, -0.25) is 0 Å². The van der Waals surface area contributed by atoms with Crippen LogP contribution in [0.15, 0.2) is 30.3 Å². The first-order chi connectivity index (χ1) is 8.86. The summed E-state index contributed by atoms with van der Waals surface area (Å²) in [7, 11) is 2.00. The van der Waals surface area contributed by atoms with Crippen molar-refractivity contribution >= 4 is 11.5 Å². The molecule has 1 aromatic heterocycles. The molecule has 94 valence electrons. The van der Waals surface area contributed by atoms with Gasteiger partial charge in [0.2, 0.25) is 0 Å². The van der Waals surface area contributed by atoms with Gasteiger partial charge in [-0.15, -0.1) is 0 Å². The van der Waals surface area contributed by atoms with Crippen molar-refractivity contribution in [1.29, 1.82) is 0 Å². The first-order valence-corrected chi connectivity index (χ1v) is 7.19. The molecule has 1 fully saturated rings. The molecule has 1 aliphatic rings. The maximum absolute atomic E-state index is 4.65. The SMILES string of the molecule is CNC(Cc1nc(C2CC2)ns1)c1ccccc1. The van der Waals surface area contributed by atoms with Crippen molar-refractivity contribution in [2.75, 3.05) is 7.05 Å². The summed E-state index contributed by atoms with van der Waals surface area (Å²) >= 11 is 1.56. The average molecular weight is 259 g/mol. The van der Waals surface area contributed by atoms with Crippen molar-refractivity contribution in [3.8, 4) is 0 Å². The number of benzene rings is 1. The van der Waals surface area contributed by atoms with E-state index in [1.54, 1.807) is 11.5 Å². The molecule has 1 aliphatic carbocycles.